The normalized spacial score (nSPS) is 16.7. The fraction of sp³-hybridized carbons (Fsp3) is 0.364. The van der Waals surface area contributed by atoms with Gasteiger partial charge in [0.05, 0.1) is 19.8 Å². The number of carbonyl (C=O) groups is 2. The van der Waals surface area contributed by atoms with E-state index in [1.54, 1.807) is 12.0 Å². The maximum Gasteiger partial charge on any atom is 0.253 e. The second-order valence-corrected chi connectivity index (χ2v) is 6.93. The lowest BCUT2D eigenvalue weighted by molar-refractivity contribution is -0.129. The molecule has 2 amide bonds. The molecule has 2 aromatic carbocycles. The highest BCUT2D eigenvalue weighted by atomic mass is 16.5. The second kappa shape index (κ2) is 9.37. The number of benzene rings is 2. The topological polar surface area (TPSA) is 67.9 Å². The lowest BCUT2D eigenvalue weighted by Crippen LogP contribution is -2.50. The number of hydrogen-bond donors (Lipinski definition) is 1. The SMILES string of the molecule is COc1cccc(CCC(=O)NCC2CN(c3ccc(C)cc3)C(=O)CO2)c1. The van der Waals surface area contributed by atoms with Gasteiger partial charge in [-0.2, -0.15) is 0 Å². The van der Waals surface area contributed by atoms with Crippen molar-refractivity contribution in [3.63, 3.8) is 0 Å². The standard InChI is InChI=1S/C22H26N2O4/c1-16-6-9-18(10-7-16)24-14-20(28-15-22(24)26)13-23-21(25)11-8-17-4-3-5-19(12-17)27-2/h3-7,9-10,12,20H,8,11,13-15H2,1-2H3,(H,23,25). The maximum absolute atomic E-state index is 12.2. The van der Waals surface area contributed by atoms with E-state index in [2.05, 4.69) is 5.32 Å². The molecule has 1 atom stereocenters. The monoisotopic (exact) mass is 382 g/mol. The predicted octanol–water partition coefficient (Wildman–Crippen LogP) is 2.48. The summed E-state index contributed by atoms with van der Waals surface area (Å²) in [6.45, 7) is 2.84. The molecule has 3 rings (SSSR count). The highest BCUT2D eigenvalue weighted by molar-refractivity contribution is 5.95. The summed E-state index contributed by atoms with van der Waals surface area (Å²) in [6, 6.07) is 15.5. The van der Waals surface area contributed by atoms with Gasteiger partial charge in [0.25, 0.3) is 5.91 Å². The molecule has 1 aliphatic rings. The van der Waals surface area contributed by atoms with Crippen LogP contribution in [-0.2, 0) is 20.7 Å². The summed E-state index contributed by atoms with van der Waals surface area (Å²) in [5, 5.41) is 2.91. The Bertz CT molecular complexity index is 820. The fourth-order valence-electron chi connectivity index (χ4n) is 3.12. The first kappa shape index (κ1) is 19.9. The van der Waals surface area contributed by atoms with Crippen LogP contribution in [0.4, 0.5) is 5.69 Å². The van der Waals surface area contributed by atoms with Crippen LogP contribution in [0, 0.1) is 6.92 Å². The van der Waals surface area contributed by atoms with Crippen molar-refractivity contribution < 1.29 is 19.1 Å². The summed E-state index contributed by atoms with van der Waals surface area (Å²) in [6.07, 6.45) is 0.808. The summed E-state index contributed by atoms with van der Waals surface area (Å²) in [4.78, 5) is 26.1. The first-order valence-electron chi connectivity index (χ1n) is 9.43. The molecule has 1 fully saturated rings. The van der Waals surface area contributed by atoms with E-state index in [0.717, 1.165) is 22.6 Å². The molecule has 28 heavy (non-hydrogen) atoms. The number of aryl methyl sites for hydroxylation is 2. The van der Waals surface area contributed by atoms with Gasteiger partial charge in [0.2, 0.25) is 5.91 Å². The Morgan fingerprint density at radius 3 is 2.79 bits per heavy atom. The van der Waals surface area contributed by atoms with Crippen molar-refractivity contribution in [3.05, 3.63) is 59.7 Å². The highest BCUT2D eigenvalue weighted by Gasteiger charge is 2.27. The zero-order chi connectivity index (χ0) is 19.9. The van der Waals surface area contributed by atoms with E-state index >= 15 is 0 Å². The van der Waals surface area contributed by atoms with Crippen molar-refractivity contribution in [1.29, 1.82) is 0 Å². The summed E-state index contributed by atoms with van der Waals surface area (Å²) >= 11 is 0. The fourth-order valence-corrected chi connectivity index (χ4v) is 3.12. The molecule has 6 nitrogen and oxygen atoms in total. The zero-order valence-electron chi connectivity index (χ0n) is 16.3. The van der Waals surface area contributed by atoms with Gasteiger partial charge in [0.1, 0.15) is 12.4 Å². The van der Waals surface area contributed by atoms with Crippen LogP contribution < -0.4 is 15.0 Å². The van der Waals surface area contributed by atoms with Crippen LogP contribution >= 0.6 is 0 Å². The third-order valence-corrected chi connectivity index (χ3v) is 4.78. The first-order chi connectivity index (χ1) is 13.5. The maximum atomic E-state index is 12.2. The minimum absolute atomic E-state index is 0.0260. The Hall–Kier alpha value is -2.86. The van der Waals surface area contributed by atoms with E-state index < -0.39 is 0 Å². The Labute approximate surface area is 165 Å². The van der Waals surface area contributed by atoms with Crippen molar-refractivity contribution in [3.8, 4) is 5.75 Å². The van der Waals surface area contributed by atoms with E-state index in [4.69, 9.17) is 9.47 Å². The van der Waals surface area contributed by atoms with Crippen LogP contribution in [0.25, 0.3) is 0 Å². The van der Waals surface area contributed by atoms with Gasteiger partial charge in [-0.15, -0.1) is 0 Å². The van der Waals surface area contributed by atoms with E-state index in [-0.39, 0.29) is 24.5 Å². The number of amides is 2. The van der Waals surface area contributed by atoms with Gasteiger partial charge in [-0.1, -0.05) is 29.8 Å². The summed E-state index contributed by atoms with van der Waals surface area (Å²) < 4.78 is 10.8. The van der Waals surface area contributed by atoms with E-state index in [9.17, 15) is 9.59 Å². The number of methoxy groups -OCH3 is 1. The molecule has 0 saturated carbocycles. The Morgan fingerprint density at radius 1 is 1.25 bits per heavy atom. The first-order valence-corrected chi connectivity index (χ1v) is 9.43. The van der Waals surface area contributed by atoms with Crippen molar-refractivity contribution in [2.75, 3.05) is 31.7 Å². The lowest BCUT2D eigenvalue weighted by Gasteiger charge is -2.33. The molecular weight excluding hydrogens is 356 g/mol. The van der Waals surface area contributed by atoms with E-state index in [1.807, 2.05) is 55.5 Å². The molecule has 1 saturated heterocycles. The Kier molecular flexibility index (Phi) is 6.66. The zero-order valence-corrected chi connectivity index (χ0v) is 16.3. The van der Waals surface area contributed by atoms with Gasteiger partial charge in [0.15, 0.2) is 0 Å². The second-order valence-electron chi connectivity index (χ2n) is 6.93. The average molecular weight is 382 g/mol. The lowest BCUT2D eigenvalue weighted by atomic mass is 10.1. The largest absolute Gasteiger partial charge is 0.497 e. The van der Waals surface area contributed by atoms with Crippen molar-refractivity contribution >= 4 is 17.5 Å². The molecule has 0 bridgehead atoms. The van der Waals surface area contributed by atoms with Gasteiger partial charge in [0, 0.05) is 18.7 Å². The smallest absolute Gasteiger partial charge is 0.253 e. The van der Waals surface area contributed by atoms with Crippen LogP contribution in [0.3, 0.4) is 0 Å². The van der Waals surface area contributed by atoms with E-state index in [1.165, 1.54) is 0 Å². The molecule has 6 heteroatoms. The molecule has 148 valence electrons. The quantitative estimate of drug-likeness (QED) is 0.799. The molecule has 0 radical (unpaired) electrons. The van der Waals surface area contributed by atoms with Crippen molar-refractivity contribution in [1.82, 2.24) is 5.32 Å². The number of hydrogen-bond acceptors (Lipinski definition) is 4. The number of carbonyl (C=O) groups excluding carboxylic acids is 2. The Morgan fingerprint density at radius 2 is 2.04 bits per heavy atom. The Balaban J connectivity index is 1.47. The number of morpholine rings is 1. The van der Waals surface area contributed by atoms with E-state index in [0.29, 0.717) is 25.9 Å². The molecule has 1 unspecified atom stereocenters. The van der Waals surface area contributed by atoms with Crippen LogP contribution in [0.1, 0.15) is 17.5 Å². The minimum atomic E-state index is -0.222. The molecule has 0 aliphatic carbocycles. The minimum Gasteiger partial charge on any atom is -0.497 e. The number of anilines is 1. The van der Waals surface area contributed by atoms with Gasteiger partial charge in [-0.3, -0.25) is 9.59 Å². The molecule has 1 aliphatic heterocycles. The van der Waals surface area contributed by atoms with Crippen LogP contribution in [0.2, 0.25) is 0 Å². The van der Waals surface area contributed by atoms with Gasteiger partial charge in [-0.05, 0) is 43.2 Å². The average Bonchev–Trinajstić information content (AvgIpc) is 2.72. The highest BCUT2D eigenvalue weighted by Crippen LogP contribution is 2.19. The van der Waals surface area contributed by atoms with Crippen molar-refractivity contribution in [2.24, 2.45) is 0 Å². The molecular formula is C22H26N2O4. The molecule has 2 aromatic rings. The van der Waals surface area contributed by atoms with Crippen LogP contribution in [-0.4, -0.2) is 44.7 Å². The third-order valence-electron chi connectivity index (χ3n) is 4.78. The number of ether oxygens (including phenoxy) is 2. The molecule has 1 N–H and O–H groups in total. The molecule has 0 aromatic heterocycles. The van der Waals surface area contributed by atoms with Gasteiger partial charge < -0.3 is 19.7 Å². The summed E-state index contributed by atoms with van der Waals surface area (Å²) in [7, 11) is 1.63. The summed E-state index contributed by atoms with van der Waals surface area (Å²) in [5.74, 6) is 0.684. The van der Waals surface area contributed by atoms with Crippen LogP contribution in [0.5, 0.6) is 5.75 Å². The van der Waals surface area contributed by atoms with Crippen LogP contribution in [0.15, 0.2) is 48.5 Å². The predicted molar refractivity (Wildman–Crippen MR) is 108 cm³/mol. The third kappa shape index (κ3) is 5.33. The summed E-state index contributed by atoms with van der Waals surface area (Å²) in [5.41, 5.74) is 3.05. The molecule has 1 heterocycles. The number of rotatable bonds is 7. The van der Waals surface area contributed by atoms with Crippen molar-refractivity contribution in [2.45, 2.75) is 25.9 Å². The van der Waals surface area contributed by atoms with Gasteiger partial charge in [-0.25, -0.2) is 0 Å². The molecule has 0 spiro atoms. The number of nitrogens with zero attached hydrogens (tertiary/aromatic N) is 1. The van der Waals surface area contributed by atoms with Gasteiger partial charge >= 0.3 is 0 Å². The number of nitrogens with one attached hydrogen (secondary N) is 1.